The SMILES string of the molecule is CC(C)(C)OC(=O)N1CC[C@H](c2ncon2)C1. The first-order valence-corrected chi connectivity index (χ1v) is 5.70. The lowest BCUT2D eigenvalue weighted by molar-refractivity contribution is 0.0292. The number of hydrogen-bond donors (Lipinski definition) is 0. The average Bonchev–Trinajstić information content (AvgIpc) is 2.86. The second-order valence-electron chi connectivity index (χ2n) is 5.20. The van der Waals surface area contributed by atoms with Crippen LogP contribution in [0.5, 0.6) is 0 Å². The molecule has 2 rings (SSSR count). The number of carbonyl (C=O) groups excluding carboxylic acids is 1. The van der Waals surface area contributed by atoms with Crippen LogP contribution in [0.4, 0.5) is 4.79 Å². The summed E-state index contributed by atoms with van der Waals surface area (Å²) in [6.45, 7) is 6.84. The van der Waals surface area contributed by atoms with Crippen molar-refractivity contribution in [2.24, 2.45) is 0 Å². The van der Waals surface area contributed by atoms with Crippen LogP contribution in [0.15, 0.2) is 10.9 Å². The lowest BCUT2D eigenvalue weighted by Crippen LogP contribution is -2.35. The average molecular weight is 239 g/mol. The quantitative estimate of drug-likeness (QED) is 0.747. The third-order valence-electron chi connectivity index (χ3n) is 2.58. The molecule has 1 aliphatic rings. The summed E-state index contributed by atoms with van der Waals surface area (Å²) < 4.78 is 10.0. The number of hydrogen-bond acceptors (Lipinski definition) is 5. The summed E-state index contributed by atoms with van der Waals surface area (Å²) in [6.07, 6.45) is 1.88. The normalized spacial score (nSPS) is 20.6. The molecule has 94 valence electrons. The standard InChI is InChI=1S/C11H17N3O3/c1-11(2,3)17-10(15)14-5-4-8(6-14)9-12-7-16-13-9/h7-8H,4-6H2,1-3H3/t8-/m0/s1. The molecule has 0 aromatic carbocycles. The van der Waals surface area contributed by atoms with Gasteiger partial charge in [0, 0.05) is 19.0 Å². The zero-order valence-corrected chi connectivity index (χ0v) is 10.3. The summed E-state index contributed by atoms with van der Waals surface area (Å²) in [5.41, 5.74) is -0.457. The summed E-state index contributed by atoms with van der Waals surface area (Å²) in [5.74, 6) is 0.817. The van der Waals surface area contributed by atoms with Gasteiger partial charge in [-0.3, -0.25) is 0 Å². The highest BCUT2D eigenvalue weighted by Crippen LogP contribution is 2.25. The Labute approximate surface area is 99.9 Å². The van der Waals surface area contributed by atoms with Crippen molar-refractivity contribution in [1.29, 1.82) is 0 Å². The van der Waals surface area contributed by atoms with E-state index in [1.165, 1.54) is 6.39 Å². The Kier molecular flexibility index (Phi) is 3.04. The van der Waals surface area contributed by atoms with Crippen LogP contribution in [-0.4, -0.2) is 39.8 Å². The highest BCUT2D eigenvalue weighted by atomic mass is 16.6. The van der Waals surface area contributed by atoms with E-state index in [-0.39, 0.29) is 12.0 Å². The molecule has 6 nitrogen and oxygen atoms in total. The molecule has 1 atom stereocenters. The summed E-state index contributed by atoms with van der Waals surface area (Å²) in [6, 6.07) is 0. The Morgan fingerprint density at radius 2 is 2.35 bits per heavy atom. The molecule has 1 aliphatic heterocycles. The number of nitrogens with zero attached hydrogens (tertiary/aromatic N) is 3. The van der Waals surface area contributed by atoms with Crippen LogP contribution >= 0.6 is 0 Å². The Morgan fingerprint density at radius 1 is 1.59 bits per heavy atom. The minimum absolute atomic E-state index is 0.154. The number of likely N-dealkylation sites (tertiary alicyclic amines) is 1. The molecule has 1 aromatic rings. The highest BCUT2D eigenvalue weighted by molar-refractivity contribution is 5.68. The Hall–Kier alpha value is -1.59. The Morgan fingerprint density at radius 3 is 2.94 bits per heavy atom. The monoisotopic (exact) mass is 239 g/mol. The van der Waals surface area contributed by atoms with E-state index in [2.05, 4.69) is 10.1 Å². The molecule has 0 bridgehead atoms. The second kappa shape index (κ2) is 4.35. The van der Waals surface area contributed by atoms with Crippen LogP contribution in [0.3, 0.4) is 0 Å². The van der Waals surface area contributed by atoms with E-state index < -0.39 is 5.60 Å². The fourth-order valence-corrected chi connectivity index (χ4v) is 1.82. The molecule has 1 fully saturated rings. The van der Waals surface area contributed by atoms with Crippen LogP contribution in [0.25, 0.3) is 0 Å². The molecule has 0 N–H and O–H groups in total. The van der Waals surface area contributed by atoms with E-state index in [9.17, 15) is 4.79 Å². The molecule has 6 heteroatoms. The van der Waals surface area contributed by atoms with E-state index in [0.717, 1.165) is 6.42 Å². The Bertz CT molecular complexity index is 383. The van der Waals surface area contributed by atoms with Crippen LogP contribution in [0, 0.1) is 0 Å². The number of ether oxygens (including phenoxy) is 1. The first-order chi connectivity index (χ1) is 7.96. The third kappa shape index (κ3) is 2.95. The van der Waals surface area contributed by atoms with Gasteiger partial charge in [0.05, 0.1) is 0 Å². The van der Waals surface area contributed by atoms with E-state index in [0.29, 0.717) is 18.9 Å². The van der Waals surface area contributed by atoms with Gasteiger partial charge in [0.25, 0.3) is 0 Å². The maximum absolute atomic E-state index is 11.8. The largest absolute Gasteiger partial charge is 0.444 e. The van der Waals surface area contributed by atoms with Gasteiger partial charge in [-0.05, 0) is 27.2 Å². The smallest absolute Gasteiger partial charge is 0.410 e. The van der Waals surface area contributed by atoms with E-state index in [1.807, 2.05) is 20.8 Å². The minimum Gasteiger partial charge on any atom is -0.444 e. The van der Waals surface area contributed by atoms with Gasteiger partial charge in [0.15, 0.2) is 5.82 Å². The van der Waals surface area contributed by atoms with Gasteiger partial charge < -0.3 is 14.2 Å². The van der Waals surface area contributed by atoms with Crippen LogP contribution in [0.2, 0.25) is 0 Å². The number of rotatable bonds is 1. The molecule has 0 aliphatic carbocycles. The summed E-state index contributed by atoms with van der Waals surface area (Å²) in [4.78, 5) is 17.5. The topological polar surface area (TPSA) is 68.5 Å². The van der Waals surface area contributed by atoms with Crippen molar-refractivity contribution in [2.75, 3.05) is 13.1 Å². The van der Waals surface area contributed by atoms with Crippen LogP contribution in [-0.2, 0) is 4.74 Å². The van der Waals surface area contributed by atoms with Crippen LogP contribution in [0.1, 0.15) is 38.9 Å². The molecule has 0 spiro atoms. The Balaban J connectivity index is 1.92. The van der Waals surface area contributed by atoms with Crippen molar-refractivity contribution >= 4 is 6.09 Å². The van der Waals surface area contributed by atoms with Gasteiger partial charge in [0.1, 0.15) is 5.60 Å². The van der Waals surface area contributed by atoms with Gasteiger partial charge >= 0.3 is 6.09 Å². The van der Waals surface area contributed by atoms with E-state index >= 15 is 0 Å². The molecule has 2 heterocycles. The highest BCUT2D eigenvalue weighted by Gasteiger charge is 2.32. The molecule has 0 radical (unpaired) electrons. The first-order valence-electron chi connectivity index (χ1n) is 5.70. The molecule has 17 heavy (non-hydrogen) atoms. The zero-order valence-electron chi connectivity index (χ0n) is 10.3. The number of aromatic nitrogens is 2. The fourth-order valence-electron chi connectivity index (χ4n) is 1.82. The summed E-state index contributed by atoms with van der Waals surface area (Å²) in [7, 11) is 0. The van der Waals surface area contributed by atoms with Crippen molar-refractivity contribution in [3.63, 3.8) is 0 Å². The number of amides is 1. The minimum atomic E-state index is -0.457. The molecular weight excluding hydrogens is 222 g/mol. The van der Waals surface area contributed by atoms with E-state index in [1.54, 1.807) is 4.90 Å². The van der Waals surface area contributed by atoms with Gasteiger partial charge in [-0.2, -0.15) is 4.98 Å². The molecular formula is C11H17N3O3. The van der Waals surface area contributed by atoms with Gasteiger partial charge in [-0.25, -0.2) is 4.79 Å². The molecule has 1 aromatic heterocycles. The fraction of sp³-hybridized carbons (Fsp3) is 0.727. The predicted molar refractivity (Wildman–Crippen MR) is 59.5 cm³/mol. The van der Waals surface area contributed by atoms with Gasteiger partial charge in [-0.1, -0.05) is 5.16 Å². The van der Waals surface area contributed by atoms with Crippen molar-refractivity contribution in [3.8, 4) is 0 Å². The van der Waals surface area contributed by atoms with E-state index in [4.69, 9.17) is 9.26 Å². The van der Waals surface area contributed by atoms with Crippen molar-refractivity contribution in [2.45, 2.75) is 38.7 Å². The maximum atomic E-state index is 11.8. The molecule has 0 saturated carbocycles. The van der Waals surface area contributed by atoms with Crippen molar-refractivity contribution in [3.05, 3.63) is 12.2 Å². The molecule has 0 unspecified atom stereocenters. The van der Waals surface area contributed by atoms with Crippen LogP contribution < -0.4 is 0 Å². The molecule has 1 saturated heterocycles. The maximum Gasteiger partial charge on any atom is 0.410 e. The first kappa shape index (κ1) is 11.9. The lowest BCUT2D eigenvalue weighted by Gasteiger charge is -2.24. The zero-order chi connectivity index (χ0) is 12.5. The molecule has 1 amide bonds. The second-order valence-corrected chi connectivity index (χ2v) is 5.20. The number of carbonyl (C=O) groups is 1. The summed E-state index contributed by atoms with van der Waals surface area (Å²) >= 11 is 0. The predicted octanol–water partition coefficient (Wildman–Crippen LogP) is 1.79. The van der Waals surface area contributed by atoms with Gasteiger partial charge in [-0.15, -0.1) is 0 Å². The van der Waals surface area contributed by atoms with Gasteiger partial charge in [0.2, 0.25) is 6.39 Å². The third-order valence-corrected chi connectivity index (χ3v) is 2.58. The van der Waals surface area contributed by atoms with Crippen molar-refractivity contribution < 1.29 is 14.1 Å². The summed E-state index contributed by atoms with van der Waals surface area (Å²) in [5, 5.41) is 3.80. The lowest BCUT2D eigenvalue weighted by atomic mass is 10.1. The van der Waals surface area contributed by atoms with Crippen molar-refractivity contribution in [1.82, 2.24) is 15.0 Å².